The average Bonchev–Trinajstić information content (AvgIpc) is 3.12. The molecule has 0 saturated carbocycles. The van der Waals surface area contributed by atoms with E-state index in [1.54, 1.807) is 0 Å². The van der Waals surface area contributed by atoms with Crippen molar-refractivity contribution in [3.63, 3.8) is 0 Å². The van der Waals surface area contributed by atoms with Crippen LogP contribution in [-0.2, 0) is 32.7 Å². The van der Waals surface area contributed by atoms with E-state index in [0.29, 0.717) is 17.4 Å². The van der Waals surface area contributed by atoms with E-state index in [1.807, 2.05) is 21.1 Å². The number of phosphoric acid groups is 1. The zero-order valence-electron chi connectivity index (χ0n) is 35.9. The number of carbonyl (C=O) groups is 2. The standard InChI is InChI=1S/C44H86NO8P/c1-6-8-10-12-14-16-18-20-22-24-26-28-30-32-34-36-43(46)50-40-42(41-52-54(48,49)51-39-38-45(3,4)5)53-44(47)37-35-33-31-29-27-25-23-21-19-17-15-13-11-9-7-2/h25,27,42H,6-24,26,28-41H2,1-5H3/b27-25-/t42-/m1/s1. The maximum absolute atomic E-state index is 12.7. The minimum absolute atomic E-state index is 0.0304. The Balaban J connectivity index is 4.35. The molecule has 0 N–H and O–H groups in total. The molecule has 0 spiro atoms. The number of phosphoric ester groups is 1. The van der Waals surface area contributed by atoms with Crippen molar-refractivity contribution in [1.82, 2.24) is 0 Å². The molecule has 0 aromatic rings. The monoisotopic (exact) mass is 788 g/mol. The van der Waals surface area contributed by atoms with Crippen molar-refractivity contribution in [3.05, 3.63) is 12.2 Å². The molecule has 1 unspecified atom stereocenters. The van der Waals surface area contributed by atoms with Crippen molar-refractivity contribution in [1.29, 1.82) is 0 Å². The maximum atomic E-state index is 12.7. The smallest absolute Gasteiger partial charge is 0.306 e. The Hall–Kier alpha value is -1.25. The second kappa shape index (κ2) is 37.3. The molecule has 0 saturated heterocycles. The molecule has 2 atom stereocenters. The number of carbonyl (C=O) groups excluding carboxylic acids is 2. The number of nitrogens with zero attached hydrogens (tertiary/aromatic N) is 1. The van der Waals surface area contributed by atoms with Crippen LogP contribution in [0.1, 0.15) is 206 Å². The molecule has 0 bridgehead atoms. The van der Waals surface area contributed by atoms with E-state index in [1.165, 1.54) is 128 Å². The average molecular weight is 788 g/mol. The fraction of sp³-hybridized carbons (Fsp3) is 0.909. The van der Waals surface area contributed by atoms with Gasteiger partial charge in [-0.15, -0.1) is 0 Å². The molecular formula is C44H86NO8P. The molecular weight excluding hydrogens is 701 g/mol. The summed E-state index contributed by atoms with van der Waals surface area (Å²) in [5.41, 5.74) is 0. The molecule has 10 heteroatoms. The van der Waals surface area contributed by atoms with Gasteiger partial charge in [0.2, 0.25) is 0 Å². The summed E-state index contributed by atoms with van der Waals surface area (Å²) in [6, 6.07) is 0. The number of likely N-dealkylation sites (N-methyl/N-ethyl adjacent to an activating group) is 1. The van der Waals surface area contributed by atoms with Gasteiger partial charge in [0.05, 0.1) is 27.7 Å². The first-order chi connectivity index (χ1) is 26.0. The van der Waals surface area contributed by atoms with Crippen LogP contribution in [0, 0.1) is 0 Å². The van der Waals surface area contributed by atoms with Gasteiger partial charge in [0.1, 0.15) is 19.8 Å². The van der Waals surface area contributed by atoms with Crippen LogP contribution in [0.3, 0.4) is 0 Å². The van der Waals surface area contributed by atoms with E-state index in [4.69, 9.17) is 18.5 Å². The Morgan fingerprint density at radius 3 is 1.39 bits per heavy atom. The topological polar surface area (TPSA) is 111 Å². The molecule has 0 radical (unpaired) electrons. The third-order valence-corrected chi connectivity index (χ3v) is 10.7. The molecule has 0 heterocycles. The molecule has 0 aliphatic carbocycles. The molecule has 0 aromatic heterocycles. The summed E-state index contributed by atoms with van der Waals surface area (Å²) in [5.74, 6) is -0.843. The van der Waals surface area contributed by atoms with Crippen LogP contribution in [0.25, 0.3) is 0 Å². The molecule has 0 aromatic carbocycles. The van der Waals surface area contributed by atoms with Gasteiger partial charge in [-0.2, -0.15) is 0 Å². The third kappa shape index (κ3) is 40.4. The van der Waals surface area contributed by atoms with Gasteiger partial charge in [-0.1, -0.05) is 167 Å². The van der Waals surface area contributed by atoms with Crippen molar-refractivity contribution in [2.45, 2.75) is 213 Å². The van der Waals surface area contributed by atoms with Crippen molar-refractivity contribution < 1.29 is 42.1 Å². The van der Waals surface area contributed by atoms with E-state index >= 15 is 0 Å². The van der Waals surface area contributed by atoms with Crippen molar-refractivity contribution in [3.8, 4) is 0 Å². The van der Waals surface area contributed by atoms with Gasteiger partial charge < -0.3 is 27.9 Å². The molecule has 0 aliphatic rings. The Bertz CT molecular complexity index is 938. The number of quaternary nitrogens is 1. The summed E-state index contributed by atoms with van der Waals surface area (Å²) in [6.07, 6.45) is 38.0. The summed E-state index contributed by atoms with van der Waals surface area (Å²) in [7, 11) is 1.17. The molecule has 0 rings (SSSR count). The van der Waals surface area contributed by atoms with Crippen molar-refractivity contribution in [2.75, 3.05) is 47.5 Å². The predicted molar refractivity (Wildman–Crippen MR) is 222 cm³/mol. The maximum Gasteiger partial charge on any atom is 0.306 e. The zero-order valence-corrected chi connectivity index (χ0v) is 36.8. The van der Waals surface area contributed by atoms with Gasteiger partial charge in [0.15, 0.2) is 6.10 Å². The lowest BCUT2D eigenvalue weighted by atomic mass is 10.0. The molecule has 0 amide bonds. The second-order valence-corrected chi connectivity index (χ2v) is 17.8. The fourth-order valence-corrected chi connectivity index (χ4v) is 6.97. The molecule has 0 fully saturated rings. The second-order valence-electron chi connectivity index (χ2n) is 16.4. The van der Waals surface area contributed by atoms with Crippen molar-refractivity contribution in [2.24, 2.45) is 0 Å². The SMILES string of the molecule is CCCCCCCCCC/C=C\CCCCCC(=O)O[C@H](COC(=O)CCCCCCCCCCCCCCCCC)COP(=O)([O-])OCC[N+](C)(C)C. The Morgan fingerprint density at radius 2 is 0.944 bits per heavy atom. The Labute approximate surface area is 333 Å². The van der Waals surface area contributed by atoms with Gasteiger partial charge in [-0.05, 0) is 38.5 Å². The van der Waals surface area contributed by atoms with Crippen LogP contribution in [0.15, 0.2) is 12.2 Å². The Morgan fingerprint density at radius 1 is 0.556 bits per heavy atom. The lowest BCUT2D eigenvalue weighted by Gasteiger charge is -2.28. The summed E-state index contributed by atoms with van der Waals surface area (Å²) in [4.78, 5) is 37.5. The fourth-order valence-electron chi connectivity index (χ4n) is 6.24. The van der Waals surface area contributed by atoms with E-state index < -0.39 is 26.5 Å². The van der Waals surface area contributed by atoms with Crippen LogP contribution in [-0.4, -0.2) is 70.0 Å². The largest absolute Gasteiger partial charge is 0.756 e. The molecule has 9 nitrogen and oxygen atoms in total. The van der Waals surface area contributed by atoms with Crippen molar-refractivity contribution >= 4 is 19.8 Å². The van der Waals surface area contributed by atoms with Crippen LogP contribution >= 0.6 is 7.82 Å². The van der Waals surface area contributed by atoms with E-state index in [2.05, 4.69) is 26.0 Å². The lowest BCUT2D eigenvalue weighted by molar-refractivity contribution is -0.870. The highest BCUT2D eigenvalue weighted by Gasteiger charge is 2.21. The first-order valence-electron chi connectivity index (χ1n) is 22.4. The minimum Gasteiger partial charge on any atom is -0.756 e. The number of rotatable bonds is 41. The van der Waals surface area contributed by atoms with Crippen LogP contribution < -0.4 is 4.89 Å². The highest BCUT2D eigenvalue weighted by molar-refractivity contribution is 7.45. The number of unbranched alkanes of at least 4 members (excludes halogenated alkanes) is 25. The molecule has 0 aliphatic heterocycles. The number of allylic oxidation sites excluding steroid dienone is 2. The van der Waals surface area contributed by atoms with Gasteiger partial charge in [0, 0.05) is 12.8 Å². The molecule has 320 valence electrons. The van der Waals surface area contributed by atoms with Gasteiger partial charge in [-0.3, -0.25) is 14.2 Å². The van der Waals surface area contributed by atoms with Gasteiger partial charge >= 0.3 is 11.9 Å². The Kier molecular flexibility index (Phi) is 36.5. The zero-order chi connectivity index (χ0) is 40.0. The normalized spacial score (nSPS) is 13.7. The van der Waals surface area contributed by atoms with E-state index in [-0.39, 0.29) is 32.0 Å². The van der Waals surface area contributed by atoms with Gasteiger partial charge in [0.25, 0.3) is 7.82 Å². The van der Waals surface area contributed by atoms with E-state index in [0.717, 1.165) is 44.9 Å². The highest BCUT2D eigenvalue weighted by atomic mass is 31.2. The first kappa shape index (κ1) is 52.8. The van der Waals surface area contributed by atoms with Crippen LogP contribution in [0.4, 0.5) is 0 Å². The highest BCUT2D eigenvalue weighted by Crippen LogP contribution is 2.38. The number of ether oxygens (including phenoxy) is 2. The summed E-state index contributed by atoms with van der Waals surface area (Å²) in [5, 5.41) is 0. The molecule has 54 heavy (non-hydrogen) atoms. The predicted octanol–water partition coefficient (Wildman–Crippen LogP) is 11.9. The van der Waals surface area contributed by atoms with Crippen LogP contribution in [0.2, 0.25) is 0 Å². The summed E-state index contributed by atoms with van der Waals surface area (Å²) >= 11 is 0. The number of hydrogen-bond donors (Lipinski definition) is 0. The minimum atomic E-state index is -4.62. The summed E-state index contributed by atoms with van der Waals surface area (Å²) < 4.78 is 33.9. The summed E-state index contributed by atoms with van der Waals surface area (Å²) in [6.45, 7) is 4.23. The number of esters is 2. The van der Waals surface area contributed by atoms with Gasteiger partial charge in [-0.25, -0.2) is 0 Å². The quantitative estimate of drug-likeness (QED) is 0.0198. The van der Waals surface area contributed by atoms with E-state index in [9.17, 15) is 19.0 Å². The first-order valence-corrected chi connectivity index (χ1v) is 23.9. The lowest BCUT2D eigenvalue weighted by Crippen LogP contribution is -2.37. The van der Waals surface area contributed by atoms with Crippen LogP contribution in [0.5, 0.6) is 0 Å². The number of hydrogen-bond acceptors (Lipinski definition) is 8. The third-order valence-electron chi connectivity index (χ3n) is 9.79.